The van der Waals surface area contributed by atoms with Gasteiger partial charge in [0.25, 0.3) is 0 Å². The Kier molecular flexibility index (Phi) is 6.73. The van der Waals surface area contributed by atoms with Gasteiger partial charge in [-0.1, -0.05) is 12.1 Å². The lowest BCUT2D eigenvalue weighted by Gasteiger charge is -2.12. The number of benzene rings is 2. The summed E-state index contributed by atoms with van der Waals surface area (Å²) in [7, 11) is 3.10. The Morgan fingerprint density at radius 1 is 1.13 bits per heavy atom. The van der Waals surface area contributed by atoms with Gasteiger partial charge in [0.2, 0.25) is 0 Å². The summed E-state index contributed by atoms with van der Waals surface area (Å²) >= 11 is 0. The topological polar surface area (TPSA) is 82.7 Å². The third-order valence-electron chi connectivity index (χ3n) is 4.42. The predicted molar refractivity (Wildman–Crippen MR) is 111 cm³/mol. The minimum Gasteiger partial charge on any atom is -0.497 e. The fourth-order valence-electron chi connectivity index (χ4n) is 3.00. The number of methoxy groups -OCH3 is 2. The second kappa shape index (κ2) is 9.63. The molecule has 0 aliphatic carbocycles. The van der Waals surface area contributed by atoms with Crippen LogP contribution in [0.3, 0.4) is 0 Å². The molecule has 7 nitrogen and oxygen atoms in total. The molecule has 154 valence electrons. The zero-order chi connectivity index (χ0) is 21.5. The van der Waals surface area contributed by atoms with Gasteiger partial charge in [-0.3, -0.25) is 0 Å². The lowest BCUT2D eigenvalue weighted by atomic mass is 10.1. The summed E-state index contributed by atoms with van der Waals surface area (Å²) in [5.41, 5.74) is 3.17. The van der Waals surface area contributed by atoms with Crippen LogP contribution in [0, 0.1) is 11.3 Å². The molecule has 2 aromatic carbocycles. The van der Waals surface area contributed by atoms with E-state index in [0.717, 1.165) is 16.8 Å². The first-order chi connectivity index (χ1) is 14.6. The van der Waals surface area contributed by atoms with Crippen molar-refractivity contribution < 1.29 is 23.7 Å². The third kappa shape index (κ3) is 4.45. The second-order valence-electron chi connectivity index (χ2n) is 6.29. The Balaban J connectivity index is 2.04. The molecule has 1 aromatic heterocycles. The summed E-state index contributed by atoms with van der Waals surface area (Å²) < 4.78 is 22.7. The van der Waals surface area contributed by atoms with E-state index >= 15 is 0 Å². The van der Waals surface area contributed by atoms with Crippen molar-refractivity contribution in [1.82, 2.24) is 4.57 Å². The summed E-state index contributed by atoms with van der Waals surface area (Å²) in [5, 5.41) is 9.62. The van der Waals surface area contributed by atoms with Crippen molar-refractivity contribution in [1.29, 1.82) is 5.26 Å². The van der Waals surface area contributed by atoms with E-state index in [4.69, 9.17) is 18.9 Å². The summed E-state index contributed by atoms with van der Waals surface area (Å²) in [6.07, 6.45) is 3.58. The van der Waals surface area contributed by atoms with Crippen molar-refractivity contribution in [3.8, 4) is 34.4 Å². The van der Waals surface area contributed by atoms with Crippen LogP contribution in [0.1, 0.15) is 22.8 Å². The highest BCUT2D eigenvalue weighted by Gasteiger charge is 2.17. The Morgan fingerprint density at radius 2 is 1.97 bits per heavy atom. The first-order valence-electron chi connectivity index (χ1n) is 9.31. The molecule has 3 aromatic rings. The molecular formula is C23H22N2O5. The van der Waals surface area contributed by atoms with E-state index in [0.29, 0.717) is 22.6 Å². The minimum absolute atomic E-state index is 0.0138. The van der Waals surface area contributed by atoms with Gasteiger partial charge in [-0.25, -0.2) is 4.79 Å². The monoisotopic (exact) mass is 406 g/mol. The Bertz CT molecular complexity index is 1080. The van der Waals surface area contributed by atoms with E-state index in [-0.39, 0.29) is 13.4 Å². The summed E-state index contributed by atoms with van der Waals surface area (Å²) in [4.78, 5) is 12.2. The molecule has 0 atom stereocenters. The molecule has 0 unspecified atom stereocenters. The average molecular weight is 406 g/mol. The molecule has 0 fully saturated rings. The molecule has 3 rings (SSSR count). The van der Waals surface area contributed by atoms with Gasteiger partial charge in [0.1, 0.15) is 23.1 Å². The summed E-state index contributed by atoms with van der Waals surface area (Å²) in [6, 6.07) is 14.8. The maximum Gasteiger partial charge on any atom is 0.341 e. The predicted octanol–water partition coefficient (Wildman–Crippen LogP) is 4.18. The van der Waals surface area contributed by atoms with E-state index in [1.807, 2.05) is 35.0 Å². The van der Waals surface area contributed by atoms with Crippen LogP contribution in [-0.4, -0.2) is 38.2 Å². The maximum atomic E-state index is 12.2. The molecule has 0 bridgehead atoms. The fraction of sp³-hybridized carbons (Fsp3) is 0.217. The van der Waals surface area contributed by atoms with Gasteiger partial charge < -0.3 is 23.5 Å². The zero-order valence-corrected chi connectivity index (χ0v) is 17.0. The van der Waals surface area contributed by atoms with Crippen LogP contribution in [-0.2, 0) is 9.47 Å². The molecule has 0 N–H and O–H groups in total. The lowest BCUT2D eigenvalue weighted by Crippen LogP contribution is -2.10. The van der Waals surface area contributed by atoms with E-state index in [9.17, 15) is 10.1 Å². The molecule has 0 amide bonds. The van der Waals surface area contributed by atoms with E-state index in [2.05, 4.69) is 6.07 Å². The highest BCUT2D eigenvalue weighted by Crippen LogP contribution is 2.30. The van der Waals surface area contributed by atoms with Crippen molar-refractivity contribution in [2.24, 2.45) is 0 Å². The Hall–Kier alpha value is -3.76. The van der Waals surface area contributed by atoms with Crippen LogP contribution in [0.2, 0.25) is 0 Å². The fourth-order valence-corrected chi connectivity index (χ4v) is 3.00. The highest BCUT2D eigenvalue weighted by molar-refractivity contribution is 5.93. The van der Waals surface area contributed by atoms with Crippen LogP contribution in [0.4, 0.5) is 0 Å². The number of carbonyl (C=O) groups excluding carboxylic acids is 1. The van der Waals surface area contributed by atoms with Crippen molar-refractivity contribution in [2.75, 3.05) is 27.6 Å². The Morgan fingerprint density at radius 3 is 2.67 bits per heavy atom. The van der Waals surface area contributed by atoms with Crippen LogP contribution in [0.15, 0.2) is 54.9 Å². The average Bonchev–Trinajstić information content (AvgIpc) is 3.22. The second-order valence-corrected chi connectivity index (χ2v) is 6.29. The number of aromatic nitrogens is 1. The quantitative estimate of drug-likeness (QED) is 0.412. The summed E-state index contributed by atoms with van der Waals surface area (Å²) in [6.45, 7) is 1.99. The molecule has 0 aliphatic rings. The number of esters is 1. The minimum atomic E-state index is -0.475. The molecule has 7 heteroatoms. The van der Waals surface area contributed by atoms with Crippen molar-refractivity contribution in [2.45, 2.75) is 6.92 Å². The van der Waals surface area contributed by atoms with Gasteiger partial charge in [-0.2, -0.15) is 5.26 Å². The van der Waals surface area contributed by atoms with Crippen molar-refractivity contribution >= 4 is 5.97 Å². The molecule has 0 saturated carbocycles. The van der Waals surface area contributed by atoms with Crippen molar-refractivity contribution in [3.05, 3.63) is 66.0 Å². The molecule has 1 heterocycles. The normalized spacial score (nSPS) is 10.3. The number of rotatable bonds is 8. The number of hydrogen-bond acceptors (Lipinski definition) is 6. The number of nitriles is 1. The molecule has 0 spiro atoms. The van der Waals surface area contributed by atoms with Gasteiger partial charge in [0, 0.05) is 36.8 Å². The number of nitrogens with zero attached hydrogens (tertiary/aromatic N) is 2. The lowest BCUT2D eigenvalue weighted by molar-refractivity contribution is 0.0438. The standard InChI is InChI=1S/C23H22N2O5/c1-4-29-23(26)20-9-8-18(11-22(20)30-15-27-2)25-13-17(12-24)21(14-25)16-6-5-7-19(10-16)28-3/h5-11,13-14H,4,15H2,1-3H3. The molecular weight excluding hydrogens is 384 g/mol. The van der Waals surface area contributed by atoms with Gasteiger partial charge in [0.15, 0.2) is 6.79 Å². The van der Waals surface area contributed by atoms with Gasteiger partial charge in [-0.05, 0) is 36.8 Å². The van der Waals surface area contributed by atoms with Crippen LogP contribution in [0.5, 0.6) is 11.5 Å². The number of hydrogen-bond donors (Lipinski definition) is 0. The number of ether oxygens (including phenoxy) is 4. The van der Waals surface area contributed by atoms with Crippen LogP contribution in [0.25, 0.3) is 16.8 Å². The van der Waals surface area contributed by atoms with Crippen LogP contribution >= 0.6 is 0 Å². The first-order valence-corrected chi connectivity index (χ1v) is 9.31. The number of carbonyl (C=O) groups is 1. The van der Waals surface area contributed by atoms with Crippen molar-refractivity contribution in [3.63, 3.8) is 0 Å². The molecule has 0 aliphatic heterocycles. The van der Waals surface area contributed by atoms with Gasteiger partial charge in [-0.15, -0.1) is 0 Å². The summed E-state index contributed by atoms with van der Waals surface area (Å²) in [5.74, 6) is 0.568. The largest absolute Gasteiger partial charge is 0.497 e. The smallest absolute Gasteiger partial charge is 0.341 e. The zero-order valence-electron chi connectivity index (χ0n) is 17.0. The first kappa shape index (κ1) is 21.0. The maximum absolute atomic E-state index is 12.2. The van der Waals surface area contributed by atoms with E-state index in [1.54, 1.807) is 38.4 Å². The highest BCUT2D eigenvalue weighted by atomic mass is 16.7. The van der Waals surface area contributed by atoms with Gasteiger partial charge >= 0.3 is 5.97 Å². The molecule has 0 radical (unpaired) electrons. The third-order valence-corrected chi connectivity index (χ3v) is 4.42. The SMILES string of the molecule is CCOC(=O)c1ccc(-n2cc(C#N)c(-c3cccc(OC)c3)c2)cc1OCOC. The van der Waals surface area contributed by atoms with E-state index in [1.165, 1.54) is 7.11 Å². The van der Waals surface area contributed by atoms with Gasteiger partial charge in [0.05, 0.1) is 19.3 Å². The molecule has 0 saturated heterocycles. The van der Waals surface area contributed by atoms with E-state index < -0.39 is 5.97 Å². The Labute approximate surface area is 175 Å². The van der Waals surface area contributed by atoms with Crippen LogP contribution < -0.4 is 9.47 Å². The molecule has 30 heavy (non-hydrogen) atoms.